The maximum Gasteiger partial charge on any atom is 0.339 e. The van der Waals surface area contributed by atoms with Crippen molar-refractivity contribution in [3.63, 3.8) is 0 Å². The number of Topliss-reactive ketones (excluding diaryl/α,β-unsaturated/α-hetero) is 1. The Labute approximate surface area is 198 Å². The van der Waals surface area contributed by atoms with E-state index in [4.69, 9.17) is 4.74 Å². The minimum Gasteiger partial charge on any atom is -0.445 e. The summed E-state index contributed by atoms with van der Waals surface area (Å²) in [5.74, 6) is -1.15. The minimum absolute atomic E-state index is 0.0343. The average molecular weight is 459 g/mol. The van der Waals surface area contributed by atoms with E-state index in [0.29, 0.717) is 16.8 Å². The first kappa shape index (κ1) is 23.2. The zero-order valence-corrected chi connectivity index (χ0v) is 18.8. The summed E-state index contributed by atoms with van der Waals surface area (Å²) >= 11 is 0. The normalized spacial score (nSPS) is 14.6. The monoisotopic (exact) mass is 458 g/mol. The van der Waals surface area contributed by atoms with Crippen LogP contribution in [0.1, 0.15) is 58.1 Å². The fourth-order valence-corrected chi connectivity index (χ4v) is 4.21. The van der Waals surface area contributed by atoms with Gasteiger partial charge in [0.05, 0.1) is 10.5 Å². The first-order valence-corrected chi connectivity index (χ1v) is 11.4. The molecule has 0 radical (unpaired) electrons. The Hall–Kier alpha value is -4.00. The number of nitro benzene ring substituents is 1. The van der Waals surface area contributed by atoms with Crippen LogP contribution in [0.3, 0.4) is 0 Å². The number of carbonyl (C=O) groups excluding carboxylic acids is 2. The highest BCUT2D eigenvalue weighted by Gasteiger charge is 2.28. The third kappa shape index (κ3) is 5.31. The molecular formula is C27H26N2O5. The standard InChI is InChI=1S/C27H26N2O5/c30-25(20-11-5-3-6-12-20)26(21-13-7-4-8-14-21)34-27(31)22-15-16-23(24(19-22)29(32)33)28-17-9-1-2-10-18-28/h3-8,11-16,19,26H,1-2,9-10,17-18H2. The second kappa shape index (κ2) is 10.7. The van der Waals surface area contributed by atoms with Gasteiger partial charge >= 0.3 is 5.97 Å². The van der Waals surface area contributed by atoms with Gasteiger partial charge in [-0.15, -0.1) is 0 Å². The summed E-state index contributed by atoms with van der Waals surface area (Å²) in [4.78, 5) is 39.6. The maximum absolute atomic E-state index is 13.2. The smallest absolute Gasteiger partial charge is 0.339 e. The Bertz CT molecular complexity index is 1160. The van der Waals surface area contributed by atoms with Gasteiger partial charge in [-0.1, -0.05) is 73.5 Å². The van der Waals surface area contributed by atoms with Crippen molar-refractivity contribution < 1.29 is 19.2 Å². The highest BCUT2D eigenvalue weighted by molar-refractivity contribution is 6.02. The van der Waals surface area contributed by atoms with Gasteiger partial charge in [-0.25, -0.2) is 4.79 Å². The summed E-state index contributed by atoms with van der Waals surface area (Å²) in [7, 11) is 0. The van der Waals surface area contributed by atoms with Crippen LogP contribution in [0.5, 0.6) is 0 Å². The molecule has 1 unspecified atom stereocenters. The number of nitrogens with zero attached hydrogens (tertiary/aromatic N) is 2. The van der Waals surface area contributed by atoms with Crippen LogP contribution < -0.4 is 4.90 Å². The first-order chi connectivity index (χ1) is 16.5. The van der Waals surface area contributed by atoms with Crippen LogP contribution in [0.4, 0.5) is 11.4 Å². The molecular weight excluding hydrogens is 432 g/mol. The van der Waals surface area contributed by atoms with Crippen LogP contribution in [0.25, 0.3) is 0 Å². The molecule has 7 heteroatoms. The summed E-state index contributed by atoms with van der Waals surface area (Å²) < 4.78 is 5.65. The molecule has 0 saturated carbocycles. The lowest BCUT2D eigenvalue weighted by Gasteiger charge is -2.22. The van der Waals surface area contributed by atoms with E-state index < -0.39 is 17.0 Å². The van der Waals surface area contributed by atoms with Crippen molar-refractivity contribution >= 4 is 23.1 Å². The van der Waals surface area contributed by atoms with Crippen molar-refractivity contribution in [1.82, 2.24) is 0 Å². The summed E-state index contributed by atoms with van der Waals surface area (Å²) in [6.45, 7) is 1.48. The van der Waals surface area contributed by atoms with Crippen molar-refractivity contribution in [2.45, 2.75) is 31.8 Å². The lowest BCUT2D eigenvalue weighted by Crippen LogP contribution is -2.25. The SMILES string of the molecule is O=C(OC(C(=O)c1ccccc1)c1ccccc1)c1ccc(N2CCCCCC2)c([N+](=O)[O-])c1. The molecule has 4 rings (SSSR count). The Morgan fingerprint density at radius 3 is 2.06 bits per heavy atom. The fourth-order valence-electron chi connectivity index (χ4n) is 4.21. The van der Waals surface area contributed by atoms with E-state index in [9.17, 15) is 19.7 Å². The van der Waals surface area contributed by atoms with Gasteiger partial charge in [-0.3, -0.25) is 14.9 Å². The highest BCUT2D eigenvalue weighted by atomic mass is 16.6. The molecule has 0 spiro atoms. The number of hydrogen-bond acceptors (Lipinski definition) is 6. The van der Waals surface area contributed by atoms with Gasteiger partial charge in [0.15, 0.2) is 6.10 Å². The van der Waals surface area contributed by atoms with Gasteiger partial charge in [0, 0.05) is 30.3 Å². The second-order valence-electron chi connectivity index (χ2n) is 8.29. The van der Waals surface area contributed by atoms with Gasteiger partial charge in [0.25, 0.3) is 5.69 Å². The number of esters is 1. The predicted molar refractivity (Wildman–Crippen MR) is 129 cm³/mol. The Kier molecular flexibility index (Phi) is 7.32. The number of hydrogen-bond donors (Lipinski definition) is 0. The Balaban J connectivity index is 1.63. The second-order valence-corrected chi connectivity index (χ2v) is 8.29. The van der Waals surface area contributed by atoms with E-state index in [1.54, 1.807) is 66.7 Å². The number of ether oxygens (including phenoxy) is 1. The number of carbonyl (C=O) groups is 2. The number of ketones is 1. The third-order valence-electron chi connectivity index (χ3n) is 5.98. The van der Waals surface area contributed by atoms with Crippen LogP contribution in [0.15, 0.2) is 78.9 Å². The molecule has 1 aliphatic rings. The van der Waals surface area contributed by atoms with Crippen molar-refractivity contribution in [2.24, 2.45) is 0 Å². The van der Waals surface area contributed by atoms with Gasteiger partial charge in [-0.05, 0) is 25.0 Å². The topological polar surface area (TPSA) is 89.8 Å². The molecule has 1 fully saturated rings. The summed E-state index contributed by atoms with van der Waals surface area (Å²) in [6.07, 6.45) is 2.99. The first-order valence-electron chi connectivity index (χ1n) is 11.4. The molecule has 3 aromatic rings. The molecule has 0 amide bonds. The fraction of sp³-hybridized carbons (Fsp3) is 0.259. The number of anilines is 1. The molecule has 1 aliphatic heterocycles. The molecule has 7 nitrogen and oxygen atoms in total. The van der Waals surface area contributed by atoms with Crippen LogP contribution in [-0.2, 0) is 4.74 Å². The Morgan fingerprint density at radius 2 is 1.44 bits per heavy atom. The van der Waals surface area contributed by atoms with E-state index >= 15 is 0 Å². The molecule has 0 aliphatic carbocycles. The van der Waals surface area contributed by atoms with Crippen LogP contribution in [-0.4, -0.2) is 29.8 Å². The van der Waals surface area contributed by atoms with Gasteiger partial charge in [0.2, 0.25) is 5.78 Å². The van der Waals surface area contributed by atoms with Crippen molar-refractivity contribution in [3.05, 3.63) is 106 Å². The summed E-state index contributed by atoms with van der Waals surface area (Å²) in [5, 5.41) is 11.8. The van der Waals surface area contributed by atoms with Crippen molar-refractivity contribution in [1.29, 1.82) is 0 Å². The maximum atomic E-state index is 13.2. The molecule has 1 atom stereocenters. The van der Waals surface area contributed by atoms with Gasteiger partial charge in [-0.2, -0.15) is 0 Å². The molecule has 0 aromatic heterocycles. The lowest BCUT2D eigenvalue weighted by molar-refractivity contribution is -0.384. The quantitative estimate of drug-likeness (QED) is 0.194. The average Bonchev–Trinajstić information content (AvgIpc) is 3.17. The van der Waals surface area contributed by atoms with Crippen molar-refractivity contribution in [2.75, 3.05) is 18.0 Å². The molecule has 174 valence electrons. The van der Waals surface area contributed by atoms with Crippen LogP contribution in [0.2, 0.25) is 0 Å². The zero-order chi connectivity index (χ0) is 23.9. The third-order valence-corrected chi connectivity index (χ3v) is 5.98. The van der Waals surface area contributed by atoms with E-state index in [2.05, 4.69) is 0 Å². The van der Waals surface area contributed by atoms with Crippen LogP contribution >= 0.6 is 0 Å². The zero-order valence-electron chi connectivity index (χ0n) is 18.8. The molecule has 0 bridgehead atoms. The molecule has 3 aromatic carbocycles. The van der Waals surface area contributed by atoms with E-state index in [1.165, 1.54) is 12.1 Å². The number of nitro groups is 1. The van der Waals surface area contributed by atoms with Crippen LogP contribution in [0, 0.1) is 10.1 Å². The van der Waals surface area contributed by atoms with E-state index in [-0.39, 0.29) is 17.0 Å². The summed E-state index contributed by atoms with van der Waals surface area (Å²) in [6, 6.07) is 21.7. The molecule has 1 saturated heterocycles. The van der Waals surface area contributed by atoms with Gasteiger partial charge in [0.1, 0.15) is 5.69 Å². The van der Waals surface area contributed by atoms with E-state index in [1.807, 2.05) is 4.90 Å². The number of benzene rings is 3. The number of rotatable bonds is 7. The van der Waals surface area contributed by atoms with E-state index in [0.717, 1.165) is 38.8 Å². The predicted octanol–water partition coefficient (Wildman–Crippen LogP) is 5.76. The Morgan fingerprint density at radius 1 is 0.824 bits per heavy atom. The summed E-state index contributed by atoms with van der Waals surface area (Å²) in [5.41, 5.74) is 1.34. The largest absolute Gasteiger partial charge is 0.445 e. The lowest BCUT2D eigenvalue weighted by atomic mass is 9.99. The highest BCUT2D eigenvalue weighted by Crippen LogP contribution is 2.32. The minimum atomic E-state index is -1.17. The molecule has 0 N–H and O–H groups in total. The van der Waals surface area contributed by atoms with Crippen molar-refractivity contribution in [3.8, 4) is 0 Å². The molecule has 1 heterocycles. The molecule has 34 heavy (non-hydrogen) atoms. The van der Waals surface area contributed by atoms with Gasteiger partial charge < -0.3 is 9.64 Å².